The van der Waals surface area contributed by atoms with Gasteiger partial charge in [-0.15, -0.1) is 0 Å². The van der Waals surface area contributed by atoms with Crippen LogP contribution in [0.4, 0.5) is 10.1 Å². The second-order valence-electron chi connectivity index (χ2n) is 4.23. The standard InChI is InChI=1S/C12H16FNO/c1-8-5-6-9(13)11(7-8)14-10-3-2-4-12(10)15/h5-7,10,12,14-15H,2-4H2,1H3/t10-,12-/m1/s1. The van der Waals surface area contributed by atoms with Crippen molar-refractivity contribution in [2.75, 3.05) is 5.32 Å². The Bertz CT molecular complexity index is 353. The molecule has 0 bridgehead atoms. The number of aliphatic hydroxyl groups excluding tert-OH is 1. The predicted molar refractivity (Wildman–Crippen MR) is 58.4 cm³/mol. The predicted octanol–water partition coefficient (Wildman–Crippen LogP) is 2.46. The molecule has 2 atom stereocenters. The molecule has 1 fully saturated rings. The zero-order valence-electron chi connectivity index (χ0n) is 8.83. The van der Waals surface area contributed by atoms with Crippen LogP contribution >= 0.6 is 0 Å². The first-order chi connectivity index (χ1) is 7.16. The number of aliphatic hydroxyl groups is 1. The fourth-order valence-electron chi connectivity index (χ4n) is 2.06. The van der Waals surface area contributed by atoms with Crippen molar-refractivity contribution in [1.82, 2.24) is 0 Å². The summed E-state index contributed by atoms with van der Waals surface area (Å²) in [5.41, 5.74) is 1.52. The van der Waals surface area contributed by atoms with Gasteiger partial charge in [0, 0.05) is 0 Å². The van der Waals surface area contributed by atoms with Gasteiger partial charge in [-0.25, -0.2) is 4.39 Å². The fourth-order valence-corrected chi connectivity index (χ4v) is 2.06. The highest BCUT2D eigenvalue weighted by Gasteiger charge is 2.25. The average Bonchev–Trinajstić information content (AvgIpc) is 2.58. The topological polar surface area (TPSA) is 32.3 Å². The molecule has 2 nitrogen and oxygen atoms in total. The molecule has 0 heterocycles. The molecular formula is C12H16FNO. The summed E-state index contributed by atoms with van der Waals surface area (Å²) in [5.74, 6) is -0.250. The first-order valence-electron chi connectivity index (χ1n) is 5.37. The van der Waals surface area contributed by atoms with Crippen LogP contribution in [0, 0.1) is 12.7 Å². The molecule has 15 heavy (non-hydrogen) atoms. The maximum absolute atomic E-state index is 13.4. The summed E-state index contributed by atoms with van der Waals surface area (Å²) >= 11 is 0. The van der Waals surface area contributed by atoms with Crippen LogP contribution in [-0.4, -0.2) is 17.3 Å². The molecule has 2 N–H and O–H groups in total. The second kappa shape index (κ2) is 4.19. The molecule has 82 valence electrons. The van der Waals surface area contributed by atoms with E-state index in [2.05, 4.69) is 5.32 Å². The fraction of sp³-hybridized carbons (Fsp3) is 0.500. The number of aryl methyl sites for hydroxylation is 1. The molecule has 1 aromatic rings. The zero-order chi connectivity index (χ0) is 10.8. The lowest BCUT2D eigenvalue weighted by molar-refractivity contribution is 0.171. The quantitative estimate of drug-likeness (QED) is 0.784. The number of halogens is 1. The summed E-state index contributed by atoms with van der Waals surface area (Å²) in [6.07, 6.45) is 2.39. The molecule has 1 aromatic carbocycles. The third-order valence-electron chi connectivity index (χ3n) is 2.94. The Hall–Kier alpha value is -1.09. The molecule has 0 radical (unpaired) electrons. The lowest BCUT2D eigenvalue weighted by Gasteiger charge is -2.18. The number of hydrogen-bond acceptors (Lipinski definition) is 2. The molecule has 0 amide bonds. The van der Waals surface area contributed by atoms with E-state index in [0.717, 1.165) is 24.8 Å². The van der Waals surface area contributed by atoms with Crippen LogP contribution in [0.25, 0.3) is 0 Å². The Kier molecular flexibility index (Phi) is 2.91. The van der Waals surface area contributed by atoms with E-state index in [9.17, 15) is 9.50 Å². The highest BCUT2D eigenvalue weighted by molar-refractivity contribution is 5.48. The number of nitrogens with one attached hydrogen (secondary N) is 1. The average molecular weight is 209 g/mol. The number of anilines is 1. The zero-order valence-corrected chi connectivity index (χ0v) is 8.83. The minimum Gasteiger partial charge on any atom is -0.391 e. The first-order valence-corrected chi connectivity index (χ1v) is 5.37. The van der Waals surface area contributed by atoms with Crippen molar-refractivity contribution in [3.05, 3.63) is 29.6 Å². The van der Waals surface area contributed by atoms with Gasteiger partial charge in [0.2, 0.25) is 0 Å². The van der Waals surface area contributed by atoms with Crippen LogP contribution in [0.3, 0.4) is 0 Å². The summed E-state index contributed by atoms with van der Waals surface area (Å²) in [6.45, 7) is 1.93. The van der Waals surface area contributed by atoms with Gasteiger partial charge in [0.15, 0.2) is 0 Å². The van der Waals surface area contributed by atoms with E-state index in [-0.39, 0.29) is 18.0 Å². The molecule has 0 spiro atoms. The highest BCUT2D eigenvalue weighted by Crippen LogP contribution is 2.24. The second-order valence-corrected chi connectivity index (χ2v) is 4.23. The first kappa shape index (κ1) is 10.4. The number of rotatable bonds is 2. The molecule has 1 aliphatic carbocycles. The summed E-state index contributed by atoms with van der Waals surface area (Å²) in [4.78, 5) is 0. The van der Waals surface area contributed by atoms with Gasteiger partial charge in [0.1, 0.15) is 5.82 Å². The Balaban J connectivity index is 2.12. The summed E-state index contributed by atoms with van der Waals surface area (Å²) < 4.78 is 13.4. The van der Waals surface area contributed by atoms with E-state index in [1.807, 2.05) is 6.92 Å². The van der Waals surface area contributed by atoms with Crippen LogP contribution in [0.5, 0.6) is 0 Å². The normalized spacial score (nSPS) is 25.5. The SMILES string of the molecule is Cc1ccc(F)c(N[C@@H]2CCC[C@H]2O)c1. The van der Waals surface area contributed by atoms with Crippen LogP contribution in [0.2, 0.25) is 0 Å². The van der Waals surface area contributed by atoms with Crippen molar-refractivity contribution in [3.63, 3.8) is 0 Å². The Labute approximate surface area is 89.1 Å². The molecule has 2 rings (SSSR count). The molecule has 1 saturated carbocycles. The van der Waals surface area contributed by atoms with E-state index >= 15 is 0 Å². The van der Waals surface area contributed by atoms with Gasteiger partial charge in [0.25, 0.3) is 0 Å². The smallest absolute Gasteiger partial charge is 0.146 e. The van der Waals surface area contributed by atoms with Gasteiger partial charge in [-0.3, -0.25) is 0 Å². The van der Waals surface area contributed by atoms with Crippen LogP contribution in [0.1, 0.15) is 24.8 Å². The highest BCUT2D eigenvalue weighted by atomic mass is 19.1. The van der Waals surface area contributed by atoms with Gasteiger partial charge >= 0.3 is 0 Å². The largest absolute Gasteiger partial charge is 0.391 e. The van der Waals surface area contributed by atoms with E-state index in [0.29, 0.717) is 5.69 Å². The Morgan fingerprint density at radius 1 is 1.40 bits per heavy atom. The summed E-state index contributed by atoms with van der Waals surface area (Å²) in [7, 11) is 0. The third kappa shape index (κ3) is 2.29. The van der Waals surface area contributed by atoms with Gasteiger partial charge < -0.3 is 10.4 Å². The van der Waals surface area contributed by atoms with Crippen LogP contribution in [0.15, 0.2) is 18.2 Å². The molecule has 0 aliphatic heterocycles. The van der Waals surface area contributed by atoms with Crippen molar-refractivity contribution in [1.29, 1.82) is 0 Å². The van der Waals surface area contributed by atoms with Crippen molar-refractivity contribution in [2.45, 2.75) is 38.3 Å². The van der Waals surface area contributed by atoms with Crippen molar-refractivity contribution in [2.24, 2.45) is 0 Å². The summed E-state index contributed by atoms with van der Waals surface area (Å²) in [6, 6.07) is 4.98. The van der Waals surface area contributed by atoms with E-state index in [4.69, 9.17) is 0 Å². The molecule has 0 aromatic heterocycles. The summed E-state index contributed by atoms with van der Waals surface area (Å²) in [5, 5.41) is 12.7. The Morgan fingerprint density at radius 2 is 2.20 bits per heavy atom. The van der Waals surface area contributed by atoms with Crippen molar-refractivity contribution >= 4 is 5.69 Å². The van der Waals surface area contributed by atoms with Crippen LogP contribution in [-0.2, 0) is 0 Å². The Morgan fingerprint density at radius 3 is 2.87 bits per heavy atom. The minimum atomic E-state index is -0.343. The monoisotopic (exact) mass is 209 g/mol. The van der Waals surface area contributed by atoms with Gasteiger partial charge in [-0.2, -0.15) is 0 Å². The third-order valence-corrected chi connectivity index (χ3v) is 2.94. The minimum absolute atomic E-state index is 0.00120. The van der Waals surface area contributed by atoms with Gasteiger partial charge in [-0.1, -0.05) is 6.07 Å². The molecular weight excluding hydrogens is 193 g/mol. The maximum Gasteiger partial charge on any atom is 0.146 e. The number of benzene rings is 1. The molecule has 0 unspecified atom stereocenters. The van der Waals surface area contributed by atoms with Crippen molar-refractivity contribution in [3.8, 4) is 0 Å². The maximum atomic E-state index is 13.4. The lowest BCUT2D eigenvalue weighted by Crippen LogP contribution is -2.28. The van der Waals surface area contributed by atoms with E-state index in [1.165, 1.54) is 6.07 Å². The molecule has 3 heteroatoms. The lowest BCUT2D eigenvalue weighted by atomic mass is 10.1. The van der Waals surface area contributed by atoms with E-state index in [1.54, 1.807) is 12.1 Å². The van der Waals surface area contributed by atoms with Gasteiger partial charge in [0.05, 0.1) is 17.8 Å². The van der Waals surface area contributed by atoms with Crippen molar-refractivity contribution < 1.29 is 9.50 Å². The molecule has 0 saturated heterocycles. The van der Waals surface area contributed by atoms with Gasteiger partial charge in [-0.05, 0) is 43.9 Å². The van der Waals surface area contributed by atoms with Crippen LogP contribution < -0.4 is 5.32 Å². The van der Waals surface area contributed by atoms with E-state index < -0.39 is 0 Å². The molecule has 1 aliphatic rings. The number of hydrogen-bond donors (Lipinski definition) is 2.